The fraction of sp³-hybridized carbons (Fsp3) is 0.231. The largest absolute Gasteiger partial charge is 0.491 e. The Morgan fingerprint density at radius 1 is 1.00 bits per heavy atom. The molecule has 2 unspecified atom stereocenters. The zero-order chi connectivity index (χ0) is 26.1. The average molecular weight is 499 g/mol. The standard InChI is InChI=1S/C26H24F3N3O4/c1-32-22(33)24(19-11-4-3-5-12-19,31-26(32,30)36-23(34)25(27,28)29)20-13-8-10-17(15-20)21-14-7-6-9-18(21)16-35-2/h3-15,31H,16,30H2,1-2H3. The number of rotatable bonds is 6. The van der Waals surface area contributed by atoms with Crippen molar-refractivity contribution in [2.24, 2.45) is 5.73 Å². The van der Waals surface area contributed by atoms with E-state index in [4.69, 9.17) is 10.5 Å². The number of halogens is 3. The van der Waals surface area contributed by atoms with Crippen LogP contribution in [0.15, 0.2) is 78.9 Å². The molecule has 188 valence electrons. The Bertz CT molecular complexity index is 1280. The molecular weight excluding hydrogens is 475 g/mol. The van der Waals surface area contributed by atoms with Crippen LogP contribution in [0.25, 0.3) is 11.1 Å². The number of likely N-dealkylation sites (N-methyl/N-ethyl adjacent to an activating group) is 1. The first-order valence-electron chi connectivity index (χ1n) is 10.9. The number of alkyl halides is 3. The summed E-state index contributed by atoms with van der Waals surface area (Å²) in [5, 5.41) is 2.72. The number of amides is 1. The van der Waals surface area contributed by atoms with Gasteiger partial charge < -0.3 is 9.47 Å². The minimum atomic E-state index is -5.30. The molecule has 3 aromatic carbocycles. The molecule has 0 saturated carbocycles. The molecule has 36 heavy (non-hydrogen) atoms. The number of methoxy groups -OCH3 is 1. The highest BCUT2D eigenvalue weighted by Crippen LogP contribution is 2.41. The number of carbonyl (C=O) groups excluding carboxylic acids is 2. The van der Waals surface area contributed by atoms with Gasteiger partial charge in [0.25, 0.3) is 5.91 Å². The van der Waals surface area contributed by atoms with E-state index in [0.717, 1.165) is 21.6 Å². The quantitative estimate of drug-likeness (QED) is 0.399. The summed E-state index contributed by atoms with van der Waals surface area (Å²) in [6, 6.07) is 22.9. The lowest BCUT2D eigenvalue weighted by atomic mass is 9.81. The number of hydrogen-bond donors (Lipinski definition) is 2. The lowest BCUT2D eigenvalue weighted by Crippen LogP contribution is -2.64. The Balaban J connectivity index is 1.88. The van der Waals surface area contributed by atoms with E-state index < -0.39 is 29.6 Å². The van der Waals surface area contributed by atoms with Crippen LogP contribution in [0.5, 0.6) is 0 Å². The summed E-state index contributed by atoms with van der Waals surface area (Å²) < 4.78 is 48.9. The van der Waals surface area contributed by atoms with Gasteiger partial charge >= 0.3 is 18.1 Å². The zero-order valence-corrected chi connectivity index (χ0v) is 19.5. The smallest absolute Gasteiger partial charge is 0.404 e. The van der Waals surface area contributed by atoms with Gasteiger partial charge in [0.05, 0.1) is 6.61 Å². The number of nitrogens with one attached hydrogen (secondary N) is 1. The van der Waals surface area contributed by atoms with Crippen molar-refractivity contribution in [3.05, 3.63) is 95.6 Å². The highest BCUT2D eigenvalue weighted by atomic mass is 19.4. The minimum absolute atomic E-state index is 0.351. The molecule has 1 heterocycles. The van der Waals surface area contributed by atoms with Gasteiger partial charge in [-0.1, -0.05) is 72.8 Å². The van der Waals surface area contributed by atoms with Crippen molar-refractivity contribution < 1.29 is 32.2 Å². The number of nitrogens with two attached hydrogens (primary N) is 1. The van der Waals surface area contributed by atoms with Crippen molar-refractivity contribution in [2.75, 3.05) is 14.2 Å². The van der Waals surface area contributed by atoms with E-state index in [1.165, 1.54) is 7.05 Å². The Hall–Kier alpha value is -3.73. The normalized spacial score (nSPS) is 22.1. The minimum Gasteiger partial charge on any atom is -0.404 e. The molecule has 1 amide bonds. The molecule has 10 heteroatoms. The van der Waals surface area contributed by atoms with Crippen LogP contribution in [0.1, 0.15) is 16.7 Å². The topological polar surface area (TPSA) is 93.9 Å². The number of benzene rings is 3. The third kappa shape index (κ3) is 4.34. The first kappa shape index (κ1) is 25.4. The molecule has 1 saturated heterocycles. The SMILES string of the molecule is COCc1ccccc1-c1cccc(C2(c3ccccc3)NC(N)(OC(=O)C(F)(F)F)N(C)C2=O)c1. The molecule has 1 aliphatic rings. The van der Waals surface area contributed by atoms with E-state index in [2.05, 4.69) is 10.1 Å². The molecular formula is C26H24F3N3O4. The van der Waals surface area contributed by atoms with Crippen LogP contribution in [0, 0.1) is 0 Å². The van der Waals surface area contributed by atoms with Gasteiger partial charge in [-0.2, -0.15) is 13.2 Å². The fourth-order valence-electron chi connectivity index (χ4n) is 4.35. The fourth-order valence-corrected chi connectivity index (χ4v) is 4.35. The molecule has 4 rings (SSSR count). The maximum atomic E-state index is 13.8. The van der Waals surface area contributed by atoms with Gasteiger partial charge in [-0.25, -0.2) is 10.1 Å². The summed E-state index contributed by atoms with van der Waals surface area (Å²) in [5.41, 5.74) is 7.64. The lowest BCUT2D eigenvalue weighted by molar-refractivity contribution is -0.228. The monoisotopic (exact) mass is 499 g/mol. The van der Waals surface area contributed by atoms with Gasteiger partial charge in [0, 0.05) is 14.2 Å². The van der Waals surface area contributed by atoms with E-state index >= 15 is 0 Å². The Labute approximate surface area is 205 Å². The first-order chi connectivity index (χ1) is 17.0. The van der Waals surface area contributed by atoms with Crippen LogP contribution in [0.4, 0.5) is 13.2 Å². The molecule has 1 fully saturated rings. The highest BCUT2D eigenvalue weighted by molar-refractivity contribution is 5.95. The average Bonchev–Trinajstić information content (AvgIpc) is 3.06. The number of ether oxygens (including phenoxy) is 2. The second-order valence-corrected chi connectivity index (χ2v) is 8.36. The second-order valence-electron chi connectivity index (χ2n) is 8.36. The maximum Gasteiger partial charge on any atom is 0.491 e. The number of esters is 1. The van der Waals surface area contributed by atoms with E-state index in [9.17, 15) is 22.8 Å². The predicted molar refractivity (Wildman–Crippen MR) is 125 cm³/mol. The van der Waals surface area contributed by atoms with Gasteiger partial charge in [0.2, 0.25) is 0 Å². The van der Waals surface area contributed by atoms with Crippen LogP contribution in [-0.4, -0.2) is 43.1 Å². The molecule has 0 radical (unpaired) electrons. The van der Waals surface area contributed by atoms with Crippen LogP contribution in [0.3, 0.4) is 0 Å². The summed E-state index contributed by atoms with van der Waals surface area (Å²) >= 11 is 0. The summed E-state index contributed by atoms with van der Waals surface area (Å²) in [5.74, 6) is -5.79. The number of nitrogens with zero attached hydrogens (tertiary/aromatic N) is 1. The van der Waals surface area contributed by atoms with Gasteiger partial charge in [-0.3, -0.25) is 15.4 Å². The molecule has 2 atom stereocenters. The van der Waals surface area contributed by atoms with Crippen molar-refractivity contribution >= 4 is 11.9 Å². The van der Waals surface area contributed by atoms with Crippen molar-refractivity contribution in [2.45, 2.75) is 24.3 Å². The van der Waals surface area contributed by atoms with Gasteiger partial charge in [0.15, 0.2) is 5.54 Å². The predicted octanol–water partition coefficient (Wildman–Crippen LogP) is 3.48. The van der Waals surface area contributed by atoms with Crippen LogP contribution in [0.2, 0.25) is 0 Å². The van der Waals surface area contributed by atoms with Crippen molar-refractivity contribution in [3.63, 3.8) is 0 Å². The Morgan fingerprint density at radius 3 is 2.31 bits per heavy atom. The van der Waals surface area contributed by atoms with Crippen molar-refractivity contribution in [3.8, 4) is 11.1 Å². The second kappa shape index (κ2) is 9.38. The van der Waals surface area contributed by atoms with E-state index in [-0.39, 0.29) is 0 Å². The molecule has 3 N–H and O–H groups in total. The summed E-state index contributed by atoms with van der Waals surface area (Å²) in [6.45, 7) is 0.351. The third-order valence-electron chi connectivity index (χ3n) is 6.10. The first-order valence-corrected chi connectivity index (χ1v) is 10.9. The Morgan fingerprint density at radius 2 is 1.64 bits per heavy atom. The van der Waals surface area contributed by atoms with Gasteiger partial charge in [-0.15, -0.1) is 0 Å². The molecule has 0 aliphatic carbocycles. The summed E-state index contributed by atoms with van der Waals surface area (Å²) in [6.07, 6.45) is -5.30. The molecule has 7 nitrogen and oxygen atoms in total. The van der Waals surface area contributed by atoms with Crippen molar-refractivity contribution in [1.29, 1.82) is 0 Å². The number of hydrogen-bond acceptors (Lipinski definition) is 6. The van der Waals surface area contributed by atoms with E-state index in [1.807, 2.05) is 30.3 Å². The van der Waals surface area contributed by atoms with Gasteiger partial charge in [-0.05, 0) is 33.9 Å². The number of carbonyl (C=O) groups is 2. The molecule has 1 aliphatic heterocycles. The molecule has 0 aromatic heterocycles. The summed E-state index contributed by atoms with van der Waals surface area (Å²) in [4.78, 5) is 26.2. The zero-order valence-electron chi connectivity index (χ0n) is 19.5. The van der Waals surface area contributed by atoms with E-state index in [0.29, 0.717) is 17.7 Å². The maximum absolute atomic E-state index is 13.8. The van der Waals surface area contributed by atoms with Gasteiger partial charge in [0.1, 0.15) is 0 Å². The van der Waals surface area contributed by atoms with E-state index in [1.54, 1.807) is 55.6 Å². The van der Waals surface area contributed by atoms with Crippen LogP contribution < -0.4 is 11.1 Å². The molecule has 0 spiro atoms. The van der Waals surface area contributed by atoms with Crippen molar-refractivity contribution in [1.82, 2.24) is 10.2 Å². The van der Waals surface area contributed by atoms with Crippen LogP contribution in [-0.2, 0) is 31.2 Å². The summed E-state index contributed by atoms with van der Waals surface area (Å²) in [7, 11) is 2.75. The van der Waals surface area contributed by atoms with Crippen LogP contribution >= 0.6 is 0 Å². The Kier molecular flexibility index (Phi) is 6.61. The third-order valence-corrected chi connectivity index (χ3v) is 6.10. The highest BCUT2D eigenvalue weighted by Gasteiger charge is 2.62. The molecule has 3 aromatic rings. The molecule has 0 bridgehead atoms. The lowest BCUT2D eigenvalue weighted by Gasteiger charge is -2.32.